The van der Waals surface area contributed by atoms with E-state index in [1.54, 1.807) is 18.3 Å². The lowest BCUT2D eigenvalue weighted by Crippen LogP contribution is -2.45. The van der Waals surface area contributed by atoms with Crippen LogP contribution in [-0.2, 0) is 11.3 Å². The van der Waals surface area contributed by atoms with E-state index in [0.29, 0.717) is 35.0 Å². The average Bonchev–Trinajstić information content (AvgIpc) is 3.35. The highest BCUT2D eigenvalue weighted by atomic mass is 35.5. The van der Waals surface area contributed by atoms with Crippen LogP contribution in [0.1, 0.15) is 52.3 Å². The second kappa shape index (κ2) is 11.9. The maximum Gasteiger partial charge on any atom is 0.262 e. The molecule has 0 aliphatic heterocycles. The van der Waals surface area contributed by atoms with Gasteiger partial charge < -0.3 is 16.0 Å². The molecule has 0 aromatic carbocycles. The monoisotopic (exact) mass is 548 g/mol. The van der Waals surface area contributed by atoms with Crippen LogP contribution < -0.4 is 16.0 Å². The number of aryl methyl sites for hydroxylation is 1. The van der Waals surface area contributed by atoms with Crippen LogP contribution in [0.15, 0.2) is 43.1 Å². The van der Waals surface area contributed by atoms with Crippen molar-refractivity contribution in [2.24, 2.45) is 5.92 Å². The summed E-state index contributed by atoms with van der Waals surface area (Å²) in [6, 6.07) is 4.42. The molecule has 2 amide bonds. The van der Waals surface area contributed by atoms with Crippen molar-refractivity contribution in [2.75, 3.05) is 10.6 Å². The Labute approximate surface area is 222 Å². The molecule has 12 heteroatoms. The lowest BCUT2D eigenvalue weighted by molar-refractivity contribution is -0.118. The highest BCUT2D eigenvalue weighted by Crippen LogP contribution is 2.38. The molecule has 4 rings (SSSR count). The molecule has 0 bridgehead atoms. The van der Waals surface area contributed by atoms with Crippen LogP contribution in [0.25, 0.3) is 0 Å². The molecule has 3 aromatic heterocycles. The molecule has 1 unspecified atom stereocenters. The Kier molecular flexibility index (Phi) is 8.65. The van der Waals surface area contributed by atoms with Crippen LogP contribution in [0.5, 0.6) is 0 Å². The maximum absolute atomic E-state index is 13.6. The summed E-state index contributed by atoms with van der Waals surface area (Å²) < 4.78 is 27.3. The molecule has 3 N–H and O–H groups in total. The molecule has 3 aromatic rings. The molecule has 3 heterocycles. The number of thiophene rings is 1. The van der Waals surface area contributed by atoms with Gasteiger partial charge in [-0.25, -0.2) is 18.7 Å². The van der Waals surface area contributed by atoms with Crippen molar-refractivity contribution in [1.82, 2.24) is 20.3 Å². The molecule has 0 radical (unpaired) electrons. The summed E-state index contributed by atoms with van der Waals surface area (Å²) in [6.07, 6.45) is 6.24. The van der Waals surface area contributed by atoms with Crippen molar-refractivity contribution in [3.63, 3.8) is 0 Å². The van der Waals surface area contributed by atoms with Gasteiger partial charge in [0.25, 0.3) is 5.91 Å². The number of aromatic nitrogens is 3. The van der Waals surface area contributed by atoms with Gasteiger partial charge in [-0.1, -0.05) is 11.6 Å². The van der Waals surface area contributed by atoms with Gasteiger partial charge in [0, 0.05) is 30.5 Å². The van der Waals surface area contributed by atoms with Crippen molar-refractivity contribution in [1.29, 1.82) is 0 Å². The lowest BCUT2D eigenvalue weighted by atomic mass is 9.82. The first-order chi connectivity index (χ1) is 17.7. The highest BCUT2D eigenvalue weighted by Gasteiger charge is 2.36. The normalized spacial score (nSPS) is 16.1. The quantitative estimate of drug-likeness (QED) is 0.328. The molecule has 196 valence electrons. The number of carbonyl (C=O) groups excluding carboxylic acids is 2. The fourth-order valence-electron chi connectivity index (χ4n) is 4.19. The fourth-order valence-corrected chi connectivity index (χ4v) is 5.20. The molecule has 1 saturated carbocycles. The number of nitrogens with zero attached hydrogens (tertiary/aromatic N) is 3. The molecule has 37 heavy (non-hydrogen) atoms. The molecule has 1 aliphatic carbocycles. The van der Waals surface area contributed by atoms with Crippen molar-refractivity contribution >= 4 is 46.1 Å². The Morgan fingerprint density at radius 3 is 2.65 bits per heavy atom. The van der Waals surface area contributed by atoms with Crippen LogP contribution in [0, 0.1) is 12.8 Å². The second-order valence-electron chi connectivity index (χ2n) is 9.08. The van der Waals surface area contributed by atoms with Crippen LogP contribution in [0.4, 0.5) is 20.2 Å². The van der Waals surface area contributed by atoms with Crippen LogP contribution >= 0.6 is 22.9 Å². The standard InChI is InChI=1S/C25H27ClF2N6O2S/c1-15-20(9-17(26)10-31-15)32-13-19-2-3-22(37-19)24(36)34-21(8-16-4-6-25(27,28)7-5-16)23(35)33-18-11-29-14-30-12-18/h2-3,9-12,14,16,21,32H,4-8,13H2,1H3,(H,33,35)(H,34,36). The third kappa shape index (κ3) is 7.65. The summed E-state index contributed by atoms with van der Waals surface area (Å²) in [5.74, 6) is -3.61. The Hall–Kier alpha value is -3.18. The van der Waals surface area contributed by atoms with E-state index in [9.17, 15) is 18.4 Å². The minimum absolute atomic E-state index is 0.0969. The van der Waals surface area contributed by atoms with E-state index in [1.807, 2.05) is 13.0 Å². The number of pyridine rings is 1. The van der Waals surface area contributed by atoms with Crippen LogP contribution in [0.3, 0.4) is 0 Å². The lowest BCUT2D eigenvalue weighted by Gasteiger charge is -2.30. The largest absolute Gasteiger partial charge is 0.379 e. The third-order valence-corrected chi connectivity index (χ3v) is 7.54. The molecule has 1 aliphatic rings. The van der Waals surface area contributed by atoms with E-state index in [0.717, 1.165) is 16.3 Å². The summed E-state index contributed by atoms with van der Waals surface area (Å²) in [5.41, 5.74) is 1.99. The number of rotatable bonds is 9. The smallest absolute Gasteiger partial charge is 0.262 e. The molecule has 0 saturated heterocycles. The number of halogens is 3. The summed E-state index contributed by atoms with van der Waals surface area (Å²) >= 11 is 7.32. The summed E-state index contributed by atoms with van der Waals surface area (Å²) in [5, 5.41) is 9.30. The van der Waals surface area contributed by atoms with Gasteiger partial charge in [0.15, 0.2) is 0 Å². The predicted octanol–water partition coefficient (Wildman–Crippen LogP) is 5.46. The number of hydrogen-bond donors (Lipinski definition) is 3. The molecule has 1 fully saturated rings. The number of nitrogens with one attached hydrogen (secondary N) is 3. The van der Waals surface area contributed by atoms with Gasteiger partial charge in [-0.15, -0.1) is 11.3 Å². The zero-order valence-electron chi connectivity index (χ0n) is 20.1. The first kappa shape index (κ1) is 26.9. The van der Waals surface area contributed by atoms with Gasteiger partial charge in [-0.3, -0.25) is 14.6 Å². The summed E-state index contributed by atoms with van der Waals surface area (Å²) in [4.78, 5) is 39.4. The zero-order chi connectivity index (χ0) is 26.4. The SMILES string of the molecule is Cc1ncc(Cl)cc1NCc1ccc(C(=O)NC(CC2CCC(F)(F)CC2)C(=O)Nc2cncnc2)s1. The van der Waals surface area contributed by atoms with Crippen molar-refractivity contribution in [3.05, 3.63) is 63.6 Å². The first-order valence-electron chi connectivity index (χ1n) is 11.9. The van der Waals surface area contributed by atoms with E-state index in [2.05, 4.69) is 30.9 Å². The van der Waals surface area contributed by atoms with Crippen LogP contribution in [-0.4, -0.2) is 38.7 Å². The fraction of sp³-hybridized carbons (Fsp3) is 0.400. The van der Waals surface area contributed by atoms with Crippen molar-refractivity contribution < 1.29 is 18.4 Å². The summed E-state index contributed by atoms with van der Waals surface area (Å²) in [6.45, 7) is 2.33. The Morgan fingerprint density at radius 2 is 1.92 bits per heavy atom. The van der Waals surface area contributed by atoms with Gasteiger partial charge in [-0.2, -0.15) is 0 Å². The molecular formula is C25H27ClF2N6O2S. The minimum atomic E-state index is -2.67. The molecule has 0 spiro atoms. The van der Waals surface area contributed by atoms with Gasteiger partial charge in [0.1, 0.15) is 12.4 Å². The molecule has 8 nitrogen and oxygen atoms in total. The van der Waals surface area contributed by atoms with Gasteiger partial charge in [0.2, 0.25) is 11.8 Å². The zero-order valence-corrected chi connectivity index (χ0v) is 21.7. The van der Waals surface area contributed by atoms with Crippen molar-refractivity contribution in [2.45, 2.75) is 57.5 Å². The Morgan fingerprint density at radius 1 is 1.19 bits per heavy atom. The first-order valence-corrected chi connectivity index (χ1v) is 13.1. The summed E-state index contributed by atoms with van der Waals surface area (Å²) in [7, 11) is 0. The van der Waals surface area contributed by atoms with E-state index in [-0.39, 0.29) is 25.2 Å². The molecular weight excluding hydrogens is 522 g/mol. The van der Waals surface area contributed by atoms with E-state index in [1.165, 1.54) is 30.1 Å². The second-order valence-corrected chi connectivity index (χ2v) is 10.7. The van der Waals surface area contributed by atoms with E-state index in [4.69, 9.17) is 11.6 Å². The van der Waals surface area contributed by atoms with Crippen LogP contribution in [0.2, 0.25) is 5.02 Å². The van der Waals surface area contributed by atoms with Gasteiger partial charge >= 0.3 is 0 Å². The number of carbonyl (C=O) groups is 2. The Bertz CT molecular complexity index is 1230. The van der Waals surface area contributed by atoms with Crippen molar-refractivity contribution in [3.8, 4) is 0 Å². The Balaban J connectivity index is 1.41. The third-order valence-electron chi connectivity index (χ3n) is 6.25. The van der Waals surface area contributed by atoms with E-state index >= 15 is 0 Å². The van der Waals surface area contributed by atoms with Gasteiger partial charge in [0.05, 0.1) is 39.4 Å². The van der Waals surface area contributed by atoms with Gasteiger partial charge in [-0.05, 0) is 50.3 Å². The average molecular weight is 549 g/mol. The number of alkyl halides is 2. The maximum atomic E-state index is 13.6. The minimum Gasteiger partial charge on any atom is -0.379 e. The number of hydrogen-bond acceptors (Lipinski definition) is 7. The number of amides is 2. The topological polar surface area (TPSA) is 109 Å². The predicted molar refractivity (Wildman–Crippen MR) is 139 cm³/mol. The van der Waals surface area contributed by atoms with E-state index < -0.39 is 23.8 Å². The highest BCUT2D eigenvalue weighted by molar-refractivity contribution is 7.14. The number of anilines is 2. The molecule has 1 atom stereocenters.